The van der Waals surface area contributed by atoms with Gasteiger partial charge < -0.3 is 4.74 Å². The lowest BCUT2D eigenvalue weighted by Crippen LogP contribution is -2.51. The molecule has 0 unspecified atom stereocenters. The molecule has 2 saturated carbocycles. The Balaban J connectivity index is 1.39. The van der Waals surface area contributed by atoms with Crippen molar-refractivity contribution in [3.05, 3.63) is 16.1 Å². The van der Waals surface area contributed by atoms with E-state index in [0.717, 1.165) is 32.2 Å². The Kier molecular flexibility index (Phi) is 4.03. The summed E-state index contributed by atoms with van der Waals surface area (Å²) in [4.78, 5) is 7.44. The van der Waals surface area contributed by atoms with Gasteiger partial charge in [0.25, 0.3) is 0 Å². The number of nitrogens with zero attached hydrogens (tertiary/aromatic N) is 2. The Labute approximate surface area is 131 Å². The van der Waals surface area contributed by atoms with Crippen molar-refractivity contribution < 1.29 is 4.74 Å². The third-order valence-corrected chi connectivity index (χ3v) is 6.28. The van der Waals surface area contributed by atoms with Crippen molar-refractivity contribution in [3.8, 4) is 0 Å². The Bertz CT molecular complexity index is 475. The van der Waals surface area contributed by atoms with E-state index in [-0.39, 0.29) is 5.60 Å². The fraction of sp³-hybridized carbons (Fsp3) is 0.824. The molecule has 1 aromatic rings. The molecule has 0 aromatic carbocycles. The van der Waals surface area contributed by atoms with Gasteiger partial charge in [-0.1, -0.05) is 25.7 Å². The molecular formula is C17H26N2OS. The molecule has 0 bridgehead atoms. The summed E-state index contributed by atoms with van der Waals surface area (Å²) in [5.41, 5.74) is 1.44. The standard InChI is InChI=1S/C17H26N2OS/c1-2-4-8-17(7-3-1)13-19(9-10-20-17)11-15-12-21-16(18-15)14-5-6-14/h12,14H,1-11,13H2. The molecule has 2 aliphatic carbocycles. The monoisotopic (exact) mass is 306 g/mol. The van der Waals surface area contributed by atoms with Crippen LogP contribution in [0.25, 0.3) is 0 Å². The quantitative estimate of drug-likeness (QED) is 0.845. The molecule has 2 heterocycles. The fourth-order valence-electron chi connectivity index (χ4n) is 3.88. The molecular weight excluding hydrogens is 280 g/mol. The van der Waals surface area contributed by atoms with Crippen LogP contribution in [0.5, 0.6) is 0 Å². The summed E-state index contributed by atoms with van der Waals surface area (Å²) in [7, 11) is 0. The van der Waals surface area contributed by atoms with E-state index in [1.54, 1.807) is 0 Å². The van der Waals surface area contributed by atoms with Crippen LogP contribution in [0.2, 0.25) is 0 Å². The van der Waals surface area contributed by atoms with Crippen LogP contribution in [-0.4, -0.2) is 35.2 Å². The first-order valence-corrected chi connectivity index (χ1v) is 9.52. The number of hydrogen-bond acceptors (Lipinski definition) is 4. The fourth-order valence-corrected chi connectivity index (χ4v) is 4.86. The Morgan fingerprint density at radius 2 is 2.05 bits per heavy atom. The molecule has 1 aromatic heterocycles. The lowest BCUT2D eigenvalue weighted by molar-refractivity contribution is -0.119. The third-order valence-electron chi connectivity index (χ3n) is 5.22. The summed E-state index contributed by atoms with van der Waals surface area (Å²) in [5, 5.41) is 3.66. The molecule has 0 atom stereocenters. The lowest BCUT2D eigenvalue weighted by atomic mass is 9.92. The van der Waals surface area contributed by atoms with E-state index in [4.69, 9.17) is 9.72 Å². The van der Waals surface area contributed by atoms with Gasteiger partial charge in [0, 0.05) is 30.9 Å². The van der Waals surface area contributed by atoms with E-state index in [1.807, 2.05) is 11.3 Å². The maximum atomic E-state index is 6.25. The van der Waals surface area contributed by atoms with Crippen molar-refractivity contribution in [3.63, 3.8) is 0 Å². The van der Waals surface area contributed by atoms with Crippen molar-refractivity contribution in [1.29, 1.82) is 0 Å². The maximum absolute atomic E-state index is 6.25. The van der Waals surface area contributed by atoms with E-state index in [2.05, 4.69) is 10.3 Å². The Morgan fingerprint density at radius 1 is 1.24 bits per heavy atom. The van der Waals surface area contributed by atoms with Crippen LogP contribution in [0, 0.1) is 0 Å². The minimum atomic E-state index is 0.157. The van der Waals surface area contributed by atoms with Gasteiger partial charge in [-0.05, 0) is 25.7 Å². The first-order valence-electron chi connectivity index (χ1n) is 8.64. The number of ether oxygens (including phenoxy) is 1. The van der Waals surface area contributed by atoms with E-state index < -0.39 is 0 Å². The summed E-state index contributed by atoms with van der Waals surface area (Å²) in [6, 6.07) is 0. The van der Waals surface area contributed by atoms with Gasteiger partial charge in [0.2, 0.25) is 0 Å². The minimum absolute atomic E-state index is 0.157. The summed E-state index contributed by atoms with van der Waals surface area (Å²) < 4.78 is 6.25. The second-order valence-electron chi connectivity index (χ2n) is 7.11. The van der Waals surface area contributed by atoms with Crippen molar-refractivity contribution in [2.24, 2.45) is 0 Å². The number of aromatic nitrogens is 1. The van der Waals surface area contributed by atoms with Gasteiger partial charge in [0.1, 0.15) is 0 Å². The van der Waals surface area contributed by atoms with Crippen LogP contribution in [0.1, 0.15) is 68.0 Å². The SMILES string of the molecule is c1sc(C2CC2)nc1CN1CCOC2(CCCCCC2)C1. The highest BCUT2D eigenvalue weighted by Crippen LogP contribution is 2.41. The molecule has 116 valence electrons. The smallest absolute Gasteiger partial charge is 0.0959 e. The van der Waals surface area contributed by atoms with Gasteiger partial charge in [0.05, 0.1) is 22.9 Å². The average molecular weight is 306 g/mol. The van der Waals surface area contributed by atoms with E-state index in [9.17, 15) is 0 Å². The van der Waals surface area contributed by atoms with Crippen molar-refractivity contribution in [2.75, 3.05) is 19.7 Å². The number of rotatable bonds is 3. The van der Waals surface area contributed by atoms with Crippen LogP contribution in [0.3, 0.4) is 0 Å². The number of morpholine rings is 1. The highest BCUT2D eigenvalue weighted by atomic mass is 32.1. The average Bonchev–Trinajstić information content (AvgIpc) is 3.27. The molecule has 3 nitrogen and oxygen atoms in total. The van der Waals surface area contributed by atoms with Crippen LogP contribution < -0.4 is 0 Å². The zero-order chi connectivity index (χ0) is 14.1. The molecule has 1 aliphatic heterocycles. The maximum Gasteiger partial charge on any atom is 0.0959 e. The van der Waals surface area contributed by atoms with Crippen LogP contribution in [-0.2, 0) is 11.3 Å². The molecule has 4 rings (SSSR count). The number of hydrogen-bond donors (Lipinski definition) is 0. The van der Waals surface area contributed by atoms with E-state index in [1.165, 1.54) is 62.1 Å². The zero-order valence-corrected chi connectivity index (χ0v) is 13.7. The highest BCUT2D eigenvalue weighted by molar-refractivity contribution is 7.09. The predicted octanol–water partition coefficient (Wildman–Crippen LogP) is 3.95. The first-order chi connectivity index (χ1) is 10.3. The molecule has 3 fully saturated rings. The van der Waals surface area contributed by atoms with Crippen LogP contribution in [0.15, 0.2) is 5.38 Å². The van der Waals surface area contributed by atoms with Gasteiger partial charge >= 0.3 is 0 Å². The molecule has 1 spiro atoms. The number of thiazole rings is 1. The van der Waals surface area contributed by atoms with E-state index in [0.29, 0.717) is 0 Å². The predicted molar refractivity (Wildman–Crippen MR) is 85.8 cm³/mol. The largest absolute Gasteiger partial charge is 0.372 e. The van der Waals surface area contributed by atoms with Gasteiger partial charge in [-0.3, -0.25) is 4.90 Å². The van der Waals surface area contributed by atoms with Crippen molar-refractivity contribution in [2.45, 2.75) is 69.4 Å². The van der Waals surface area contributed by atoms with Crippen molar-refractivity contribution in [1.82, 2.24) is 9.88 Å². The molecule has 0 amide bonds. The second-order valence-corrected chi connectivity index (χ2v) is 8.00. The lowest BCUT2D eigenvalue weighted by Gasteiger charge is -2.42. The first kappa shape index (κ1) is 14.2. The molecule has 0 N–H and O–H groups in total. The third kappa shape index (κ3) is 3.33. The van der Waals surface area contributed by atoms with Gasteiger partial charge in [-0.2, -0.15) is 0 Å². The van der Waals surface area contributed by atoms with Gasteiger partial charge in [0.15, 0.2) is 0 Å². The van der Waals surface area contributed by atoms with Crippen molar-refractivity contribution >= 4 is 11.3 Å². The van der Waals surface area contributed by atoms with Crippen LogP contribution in [0.4, 0.5) is 0 Å². The summed E-state index contributed by atoms with van der Waals surface area (Å²) in [6.07, 6.45) is 10.7. The highest BCUT2D eigenvalue weighted by Gasteiger charge is 2.37. The summed E-state index contributed by atoms with van der Waals surface area (Å²) in [6.45, 7) is 4.11. The van der Waals surface area contributed by atoms with E-state index >= 15 is 0 Å². The Hall–Kier alpha value is -0.450. The Morgan fingerprint density at radius 3 is 2.81 bits per heavy atom. The second kappa shape index (κ2) is 5.98. The molecule has 21 heavy (non-hydrogen) atoms. The van der Waals surface area contributed by atoms with Crippen LogP contribution >= 0.6 is 11.3 Å². The normalized spacial score (nSPS) is 26.9. The summed E-state index contributed by atoms with van der Waals surface area (Å²) in [5.74, 6) is 0.793. The topological polar surface area (TPSA) is 25.4 Å². The van der Waals surface area contributed by atoms with Gasteiger partial charge in [-0.15, -0.1) is 11.3 Å². The summed E-state index contributed by atoms with van der Waals surface area (Å²) >= 11 is 1.87. The molecule has 1 saturated heterocycles. The molecule has 3 aliphatic rings. The minimum Gasteiger partial charge on any atom is -0.372 e. The zero-order valence-electron chi connectivity index (χ0n) is 12.9. The molecule has 4 heteroatoms. The van der Waals surface area contributed by atoms with Gasteiger partial charge in [-0.25, -0.2) is 4.98 Å². The molecule has 0 radical (unpaired) electrons.